The molecule has 0 amide bonds. The average molecular weight is 192 g/mol. The van der Waals surface area contributed by atoms with Crippen molar-refractivity contribution in [3.05, 3.63) is 35.4 Å². The number of thiocarbonyl (C=S) groups is 1. The fourth-order valence-corrected chi connectivity index (χ4v) is 1.87. The van der Waals surface area contributed by atoms with E-state index in [-0.39, 0.29) is 0 Å². The Hall–Kier alpha value is -0.890. The van der Waals surface area contributed by atoms with E-state index in [9.17, 15) is 0 Å². The monoisotopic (exact) mass is 192 g/mol. The van der Waals surface area contributed by atoms with Crippen LogP contribution in [0.15, 0.2) is 24.3 Å². The van der Waals surface area contributed by atoms with Crippen molar-refractivity contribution < 1.29 is 4.74 Å². The molecule has 0 radical (unpaired) electrons. The molecule has 0 aliphatic carbocycles. The number of ether oxygens (including phenoxy) is 1. The van der Waals surface area contributed by atoms with E-state index in [1.165, 1.54) is 11.1 Å². The van der Waals surface area contributed by atoms with Gasteiger partial charge in [0.05, 0.1) is 6.61 Å². The fraction of sp³-hybridized carbons (Fsp3) is 0.364. The SMILES string of the molecule is S=C1Cc2ccccc2CCCO1. The Kier molecular flexibility index (Phi) is 2.60. The summed E-state index contributed by atoms with van der Waals surface area (Å²) in [5.74, 6) is 0. The maximum absolute atomic E-state index is 5.37. The normalized spacial score (nSPS) is 16.8. The third kappa shape index (κ3) is 2.07. The predicted octanol–water partition coefficient (Wildman–Crippen LogP) is 2.52. The summed E-state index contributed by atoms with van der Waals surface area (Å²) >= 11 is 5.11. The zero-order valence-electron chi connectivity index (χ0n) is 7.45. The molecule has 0 aromatic heterocycles. The standard InChI is InChI=1S/C11H12OS/c13-11-8-10-5-2-1-4-9(10)6-3-7-12-11/h1-2,4-5H,3,6-8H2. The van der Waals surface area contributed by atoms with E-state index in [0.29, 0.717) is 0 Å². The Morgan fingerprint density at radius 3 is 2.77 bits per heavy atom. The highest BCUT2D eigenvalue weighted by atomic mass is 32.1. The molecule has 0 saturated heterocycles. The molecular formula is C11H12OS. The Morgan fingerprint density at radius 2 is 1.92 bits per heavy atom. The molecule has 2 heteroatoms. The molecule has 1 aliphatic rings. The third-order valence-corrected chi connectivity index (χ3v) is 2.57. The predicted molar refractivity (Wildman–Crippen MR) is 57.0 cm³/mol. The molecule has 0 bridgehead atoms. The molecule has 1 nitrogen and oxygen atoms in total. The maximum atomic E-state index is 5.37. The van der Waals surface area contributed by atoms with Crippen LogP contribution in [0.25, 0.3) is 0 Å². The number of hydrogen-bond donors (Lipinski definition) is 0. The molecule has 13 heavy (non-hydrogen) atoms. The van der Waals surface area contributed by atoms with Gasteiger partial charge in [-0.3, -0.25) is 0 Å². The van der Waals surface area contributed by atoms with E-state index >= 15 is 0 Å². The molecule has 1 aromatic carbocycles. The lowest BCUT2D eigenvalue weighted by atomic mass is 10.00. The van der Waals surface area contributed by atoms with Crippen molar-refractivity contribution in [3.63, 3.8) is 0 Å². The van der Waals surface area contributed by atoms with E-state index in [4.69, 9.17) is 17.0 Å². The summed E-state index contributed by atoms with van der Waals surface area (Å²) in [6.45, 7) is 0.771. The maximum Gasteiger partial charge on any atom is 0.164 e. The number of aryl methyl sites for hydroxylation is 1. The molecule has 0 N–H and O–H groups in total. The summed E-state index contributed by atoms with van der Waals surface area (Å²) in [5.41, 5.74) is 2.75. The first-order chi connectivity index (χ1) is 6.36. The Bertz CT molecular complexity index is 320. The lowest BCUT2D eigenvalue weighted by Gasteiger charge is -2.15. The first kappa shape index (κ1) is 8.70. The van der Waals surface area contributed by atoms with Gasteiger partial charge in [-0.05, 0) is 36.2 Å². The van der Waals surface area contributed by atoms with Crippen molar-refractivity contribution in [1.82, 2.24) is 0 Å². The van der Waals surface area contributed by atoms with Gasteiger partial charge in [0.25, 0.3) is 0 Å². The highest BCUT2D eigenvalue weighted by Gasteiger charge is 2.08. The van der Waals surface area contributed by atoms with Crippen molar-refractivity contribution in [2.24, 2.45) is 0 Å². The van der Waals surface area contributed by atoms with Crippen LogP contribution in [0.5, 0.6) is 0 Å². The van der Waals surface area contributed by atoms with Crippen LogP contribution < -0.4 is 0 Å². The molecule has 0 atom stereocenters. The molecule has 2 rings (SSSR count). The molecule has 1 heterocycles. The van der Waals surface area contributed by atoms with Gasteiger partial charge >= 0.3 is 0 Å². The summed E-state index contributed by atoms with van der Waals surface area (Å²) < 4.78 is 5.37. The van der Waals surface area contributed by atoms with Crippen LogP contribution in [-0.4, -0.2) is 11.7 Å². The lowest BCUT2D eigenvalue weighted by molar-refractivity contribution is 0.297. The molecule has 0 spiro atoms. The molecule has 0 unspecified atom stereocenters. The highest BCUT2D eigenvalue weighted by molar-refractivity contribution is 7.80. The number of benzene rings is 1. The quantitative estimate of drug-likeness (QED) is 0.584. The lowest BCUT2D eigenvalue weighted by Crippen LogP contribution is -2.12. The van der Waals surface area contributed by atoms with E-state index in [0.717, 1.165) is 30.9 Å². The minimum Gasteiger partial charge on any atom is -0.487 e. The van der Waals surface area contributed by atoms with Crippen LogP contribution in [0.1, 0.15) is 17.5 Å². The second-order valence-electron chi connectivity index (χ2n) is 3.27. The summed E-state index contributed by atoms with van der Waals surface area (Å²) in [6.07, 6.45) is 2.97. The second-order valence-corrected chi connectivity index (χ2v) is 3.72. The molecule has 0 saturated carbocycles. The van der Waals surface area contributed by atoms with E-state index in [2.05, 4.69) is 24.3 Å². The van der Waals surface area contributed by atoms with Gasteiger partial charge in [0.2, 0.25) is 0 Å². The largest absolute Gasteiger partial charge is 0.487 e. The van der Waals surface area contributed by atoms with E-state index in [1.54, 1.807) is 0 Å². The van der Waals surface area contributed by atoms with Gasteiger partial charge in [-0.15, -0.1) is 0 Å². The van der Waals surface area contributed by atoms with Crippen molar-refractivity contribution in [2.45, 2.75) is 19.3 Å². The zero-order chi connectivity index (χ0) is 9.10. The fourth-order valence-electron chi connectivity index (χ4n) is 1.63. The van der Waals surface area contributed by atoms with Gasteiger partial charge in [-0.1, -0.05) is 24.3 Å². The molecule has 0 fully saturated rings. The summed E-state index contributed by atoms with van der Waals surface area (Å²) in [7, 11) is 0. The van der Waals surface area contributed by atoms with Gasteiger partial charge in [-0.2, -0.15) is 0 Å². The zero-order valence-corrected chi connectivity index (χ0v) is 8.27. The third-order valence-electron chi connectivity index (χ3n) is 2.31. The molecule has 1 aliphatic heterocycles. The number of hydrogen-bond acceptors (Lipinski definition) is 2. The highest BCUT2D eigenvalue weighted by Crippen LogP contribution is 2.15. The van der Waals surface area contributed by atoms with Crippen molar-refractivity contribution in [2.75, 3.05) is 6.61 Å². The van der Waals surface area contributed by atoms with Gasteiger partial charge in [0, 0.05) is 6.42 Å². The van der Waals surface area contributed by atoms with Crippen molar-refractivity contribution in [1.29, 1.82) is 0 Å². The first-order valence-corrected chi connectivity index (χ1v) is 4.99. The molecule has 68 valence electrons. The van der Waals surface area contributed by atoms with Gasteiger partial charge < -0.3 is 4.74 Å². The number of rotatable bonds is 0. The minimum absolute atomic E-state index is 0.729. The van der Waals surface area contributed by atoms with Crippen LogP contribution in [0.2, 0.25) is 0 Å². The second kappa shape index (κ2) is 3.88. The molecule has 1 aromatic rings. The average Bonchev–Trinajstić information content (AvgIpc) is 2.11. The van der Waals surface area contributed by atoms with Crippen LogP contribution >= 0.6 is 12.2 Å². The Balaban J connectivity index is 2.30. The van der Waals surface area contributed by atoms with Crippen LogP contribution in [0, 0.1) is 0 Å². The van der Waals surface area contributed by atoms with E-state index < -0.39 is 0 Å². The van der Waals surface area contributed by atoms with Crippen LogP contribution in [0.4, 0.5) is 0 Å². The smallest absolute Gasteiger partial charge is 0.164 e. The Labute approximate surface area is 83.7 Å². The van der Waals surface area contributed by atoms with Gasteiger partial charge in [0.1, 0.15) is 0 Å². The minimum atomic E-state index is 0.729. The van der Waals surface area contributed by atoms with Crippen LogP contribution in [-0.2, 0) is 17.6 Å². The molecular weight excluding hydrogens is 180 g/mol. The van der Waals surface area contributed by atoms with Gasteiger partial charge in [-0.25, -0.2) is 0 Å². The van der Waals surface area contributed by atoms with E-state index in [1.807, 2.05) is 0 Å². The summed E-state index contributed by atoms with van der Waals surface area (Å²) in [4.78, 5) is 0. The number of fused-ring (bicyclic) bond motifs is 1. The topological polar surface area (TPSA) is 9.23 Å². The Morgan fingerprint density at radius 1 is 1.15 bits per heavy atom. The summed E-state index contributed by atoms with van der Waals surface area (Å²) in [5, 5.41) is 0.729. The summed E-state index contributed by atoms with van der Waals surface area (Å²) in [6, 6.07) is 8.47. The van der Waals surface area contributed by atoms with Crippen molar-refractivity contribution in [3.8, 4) is 0 Å². The first-order valence-electron chi connectivity index (χ1n) is 4.58. The van der Waals surface area contributed by atoms with Gasteiger partial charge in [0.15, 0.2) is 5.05 Å². The van der Waals surface area contributed by atoms with Crippen molar-refractivity contribution >= 4 is 17.3 Å². The van der Waals surface area contributed by atoms with Crippen LogP contribution in [0.3, 0.4) is 0 Å².